The topological polar surface area (TPSA) is 17.1 Å². The minimum absolute atomic E-state index is 0.0590. The second-order valence-corrected chi connectivity index (χ2v) is 1.59. The third-order valence-corrected chi connectivity index (χ3v) is 0.689. The maximum atomic E-state index is 10.3. The number of hydrogen-bond donors (Lipinski definition) is 0. The summed E-state index contributed by atoms with van der Waals surface area (Å²) in [5.41, 5.74) is 0. The van der Waals surface area contributed by atoms with Crippen molar-refractivity contribution < 1.29 is 4.79 Å². The van der Waals surface area contributed by atoms with E-state index in [2.05, 4.69) is 6.58 Å². The van der Waals surface area contributed by atoms with Crippen LogP contribution in [-0.4, -0.2) is 5.78 Å². The van der Waals surface area contributed by atoms with Crippen LogP contribution >= 0.6 is 0 Å². The fourth-order valence-electron chi connectivity index (χ4n) is 0.334. The minimum Gasteiger partial charge on any atom is -0.295 e. The summed E-state index contributed by atoms with van der Waals surface area (Å²) < 4.78 is 0. The van der Waals surface area contributed by atoms with Gasteiger partial charge in [0, 0.05) is 0 Å². The van der Waals surface area contributed by atoms with E-state index in [1.54, 1.807) is 24.3 Å². The summed E-state index contributed by atoms with van der Waals surface area (Å²) in [6.07, 6.45) is 8.36. The molecule has 0 N–H and O–H groups in total. The molecule has 0 saturated carbocycles. The second kappa shape index (κ2) is 11.7. The van der Waals surface area contributed by atoms with E-state index in [4.69, 9.17) is 0 Å². The predicted molar refractivity (Wildman–Crippen MR) is 50.5 cm³/mol. The highest BCUT2D eigenvalue weighted by Crippen LogP contribution is 1.78. The summed E-state index contributed by atoms with van der Waals surface area (Å²) >= 11 is 0. The number of ketones is 1. The van der Waals surface area contributed by atoms with Gasteiger partial charge in [0.05, 0.1) is 0 Å². The van der Waals surface area contributed by atoms with Gasteiger partial charge in [-0.25, -0.2) is 0 Å². The van der Waals surface area contributed by atoms with Crippen molar-refractivity contribution in [2.45, 2.75) is 20.8 Å². The zero-order valence-corrected chi connectivity index (χ0v) is 7.50. The molecule has 0 aromatic heterocycles. The van der Waals surface area contributed by atoms with Crippen molar-refractivity contribution in [1.29, 1.82) is 0 Å². The fraction of sp³-hybridized carbons (Fsp3) is 0.300. The van der Waals surface area contributed by atoms with Gasteiger partial charge in [-0.1, -0.05) is 44.7 Å². The molecule has 1 nitrogen and oxygen atoms in total. The smallest absolute Gasteiger partial charge is 0.152 e. The zero-order valence-electron chi connectivity index (χ0n) is 7.50. The van der Waals surface area contributed by atoms with Crippen LogP contribution in [0.5, 0.6) is 0 Å². The molecule has 0 radical (unpaired) electrons. The predicted octanol–water partition coefficient (Wildman–Crippen LogP) is 2.90. The van der Waals surface area contributed by atoms with Gasteiger partial charge in [-0.3, -0.25) is 4.79 Å². The molecule has 0 aromatic rings. The van der Waals surface area contributed by atoms with Gasteiger partial charge in [0.25, 0.3) is 0 Å². The van der Waals surface area contributed by atoms with Crippen molar-refractivity contribution in [3.8, 4) is 0 Å². The third kappa shape index (κ3) is 17.6. The number of allylic oxidation sites excluding steroid dienone is 5. The molecular weight excluding hydrogens is 136 g/mol. The summed E-state index contributed by atoms with van der Waals surface area (Å²) in [4.78, 5) is 10.3. The van der Waals surface area contributed by atoms with E-state index in [0.717, 1.165) is 0 Å². The van der Waals surface area contributed by atoms with Crippen molar-refractivity contribution in [1.82, 2.24) is 0 Å². The highest BCUT2D eigenvalue weighted by atomic mass is 16.1. The van der Waals surface area contributed by atoms with E-state index in [0.29, 0.717) is 0 Å². The molecule has 0 rings (SSSR count). The van der Waals surface area contributed by atoms with Gasteiger partial charge >= 0.3 is 0 Å². The van der Waals surface area contributed by atoms with Gasteiger partial charge in [0.2, 0.25) is 0 Å². The van der Waals surface area contributed by atoms with Crippen molar-refractivity contribution in [3.63, 3.8) is 0 Å². The Labute approximate surface area is 69.1 Å². The molecule has 62 valence electrons. The molecule has 11 heavy (non-hydrogen) atoms. The van der Waals surface area contributed by atoms with Crippen molar-refractivity contribution in [2.75, 3.05) is 0 Å². The first kappa shape index (κ1) is 12.6. The molecule has 0 aromatic carbocycles. The first-order valence-corrected chi connectivity index (χ1v) is 3.73. The molecule has 0 saturated heterocycles. The monoisotopic (exact) mass is 152 g/mol. The van der Waals surface area contributed by atoms with Gasteiger partial charge in [-0.15, -0.1) is 0 Å². The molecule has 0 heterocycles. The van der Waals surface area contributed by atoms with E-state index in [9.17, 15) is 4.79 Å². The Kier molecular flexibility index (Phi) is 13.3. The van der Waals surface area contributed by atoms with Crippen LogP contribution in [0.15, 0.2) is 37.0 Å². The van der Waals surface area contributed by atoms with Crippen LogP contribution in [0.2, 0.25) is 0 Å². The largest absolute Gasteiger partial charge is 0.295 e. The van der Waals surface area contributed by atoms with Crippen LogP contribution in [0, 0.1) is 0 Å². The molecular formula is C10H16O. The molecule has 1 heteroatoms. The van der Waals surface area contributed by atoms with Crippen LogP contribution < -0.4 is 0 Å². The van der Waals surface area contributed by atoms with E-state index < -0.39 is 0 Å². The molecule has 0 unspecified atom stereocenters. The quantitative estimate of drug-likeness (QED) is 0.449. The van der Waals surface area contributed by atoms with E-state index in [1.165, 1.54) is 13.0 Å². The lowest BCUT2D eigenvalue weighted by atomic mass is 10.3. The van der Waals surface area contributed by atoms with Crippen molar-refractivity contribution in [3.05, 3.63) is 37.0 Å². The highest BCUT2D eigenvalue weighted by molar-refractivity contribution is 5.87. The zero-order chi connectivity index (χ0) is 9.11. The Bertz CT molecular complexity index is 152. The molecule has 0 aliphatic carbocycles. The van der Waals surface area contributed by atoms with Gasteiger partial charge < -0.3 is 0 Å². The summed E-state index contributed by atoms with van der Waals surface area (Å²) in [5.74, 6) is 0.0590. The number of rotatable bonds is 3. The molecule has 0 spiro atoms. The fourth-order valence-corrected chi connectivity index (χ4v) is 0.334. The molecule has 0 amide bonds. The lowest BCUT2D eigenvalue weighted by Crippen LogP contribution is -1.77. The Morgan fingerprint density at radius 2 is 1.73 bits per heavy atom. The van der Waals surface area contributed by atoms with E-state index >= 15 is 0 Å². The number of carbonyl (C=O) groups excluding carboxylic acids is 1. The van der Waals surface area contributed by atoms with Crippen LogP contribution in [-0.2, 0) is 4.79 Å². The van der Waals surface area contributed by atoms with Crippen molar-refractivity contribution in [2.24, 2.45) is 0 Å². The van der Waals surface area contributed by atoms with Gasteiger partial charge in [0.1, 0.15) is 0 Å². The standard InChI is InChI=1S/C8H10O.C2H6/c1-3-4-5-6-7-8(2)9;1-2/h3-7H,1H2,2H3;1-2H3/b5-4-,7-6+;. The van der Waals surface area contributed by atoms with Crippen LogP contribution in [0.1, 0.15) is 20.8 Å². The first-order valence-electron chi connectivity index (χ1n) is 3.73. The summed E-state index contributed by atoms with van der Waals surface area (Å²) in [5, 5.41) is 0. The number of carbonyl (C=O) groups is 1. The lowest BCUT2D eigenvalue weighted by Gasteiger charge is -1.72. The van der Waals surface area contributed by atoms with Crippen LogP contribution in [0.25, 0.3) is 0 Å². The maximum absolute atomic E-state index is 10.3. The number of hydrogen-bond acceptors (Lipinski definition) is 1. The van der Waals surface area contributed by atoms with Crippen LogP contribution in [0.3, 0.4) is 0 Å². The molecule has 0 aliphatic rings. The lowest BCUT2D eigenvalue weighted by molar-refractivity contribution is -0.112. The van der Waals surface area contributed by atoms with Gasteiger partial charge in [-0.2, -0.15) is 0 Å². The Morgan fingerprint density at radius 1 is 1.18 bits per heavy atom. The maximum Gasteiger partial charge on any atom is 0.152 e. The summed E-state index contributed by atoms with van der Waals surface area (Å²) in [6.45, 7) is 8.98. The van der Waals surface area contributed by atoms with Crippen LogP contribution in [0.4, 0.5) is 0 Å². The van der Waals surface area contributed by atoms with E-state index in [1.807, 2.05) is 13.8 Å². The third-order valence-electron chi connectivity index (χ3n) is 0.689. The summed E-state index contributed by atoms with van der Waals surface area (Å²) in [6, 6.07) is 0. The molecule has 0 fully saturated rings. The molecule has 0 atom stereocenters. The second-order valence-electron chi connectivity index (χ2n) is 1.59. The SMILES string of the molecule is C=C/C=C\C=C\C(C)=O.CC. The summed E-state index contributed by atoms with van der Waals surface area (Å²) in [7, 11) is 0. The van der Waals surface area contributed by atoms with Crippen molar-refractivity contribution >= 4 is 5.78 Å². The molecule has 0 aliphatic heterocycles. The highest BCUT2D eigenvalue weighted by Gasteiger charge is 1.75. The van der Waals surface area contributed by atoms with Gasteiger partial charge in [-0.05, 0) is 13.0 Å². The normalized spacial score (nSPS) is 9.36. The molecule has 0 bridgehead atoms. The minimum atomic E-state index is 0.0590. The van der Waals surface area contributed by atoms with E-state index in [-0.39, 0.29) is 5.78 Å². The van der Waals surface area contributed by atoms with Gasteiger partial charge in [0.15, 0.2) is 5.78 Å². The Morgan fingerprint density at radius 3 is 2.09 bits per heavy atom. The average Bonchev–Trinajstić information content (AvgIpc) is 2.02. The Balaban J connectivity index is 0. The average molecular weight is 152 g/mol. The first-order chi connectivity index (χ1) is 5.27. The Hall–Kier alpha value is -1.11.